The van der Waals surface area contributed by atoms with Crippen molar-refractivity contribution in [1.29, 1.82) is 0 Å². The zero-order valence-corrected chi connectivity index (χ0v) is 7.68. The van der Waals surface area contributed by atoms with Crippen LogP contribution >= 0.6 is 0 Å². The molecule has 0 bridgehead atoms. The number of nitrogens with zero attached hydrogens (tertiary/aromatic N) is 3. The lowest BCUT2D eigenvalue weighted by atomic mass is 10.3. The van der Waals surface area contributed by atoms with Crippen LogP contribution < -0.4 is 4.90 Å². The number of ether oxygens (including phenoxy) is 1. The van der Waals surface area contributed by atoms with Crippen LogP contribution in [-0.4, -0.2) is 35.8 Å². The molecule has 0 radical (unpaired) electrons. The summed E-state index contributed by atoms with van der Waals surface area (Å²) in [6.07, 6.45) is 3.54. The van der Waals surface area contributed by atoms with Crippen molar-refractivity contribution in [2.75, 3.05) is 24.7 Å². The first kappa shape index (κ1) is 8.44. The van der Waals surface area contributed by atoms with E-state index >= 15 is 0 Å². The van der Waals surface area contributed by atoms with Crippen molar-refractivity contribution >= 4 is 5.95 Å². The summed E-state index contributed by atoms with van der Waals surface area (Å²) in [6.45, 7) is 4.53. The minimum Gasteiger partial charge on any atom is -0.377 e. The summed E-state index contributed by atoms with van der Waals surface area (Å²) in [6, 6.07) is 2.20. The highest BCUT2D eigenvalue weighted by molar-refractivity contribution is 5.30. The van der Waals surface area contributed by atoms with Crippen molar-refractivity contribution in [1.82, 2.24) is 9.97 Å². The average Bonchev–Trinajstić information content (AvgIpc) is 2.20. The van der Waals surface area contributed by atoms with E-state index in [1.165, 1.54) is 0 Å². The van der Waals surface area contributed by atoms with Crippen molar-refractivity contribution in [3.63, 3.8) is 0 Å². The van der Waals surface area contributed by atoms with E-state index < -0.39 is 0 Å². The third-order valence-electron chi connectivity index (χ3n) is 2.18. The van der Waals surface area contributed by atoms with Crippen LogP contribution in [0.3, 0.4) is 0 Å². The Labute approximate surface area is 77.6 Å². The number of aromatic nitrogens is 2. The van der Waals surface area contributed by atoms with Crippen LogP contribution in [0.1, 0.15) is 6.92 Å². The zero-order chi connectivity index (χ0) is 9.10. The van der Waals surface area contributed by atoms with Crippen LogP contribution in [-0.2, 0) is 4.74 Å². The molecular formula is C9H13N3O. The van der Waals surface area contributed by atoms with Crippen LogP contribution in [0.2, 0.25) is 0 Å². The summed E-state index contributed by atoms with van der Waals surface area (Å²) in [7, 11) is 0. The smallest absolute Gasteiger partial charge is 0.225 e. The summed E-state index contributed by atoms with van der Waals surface area (Å²) in [5.74, 6) is 0.804. The zero-order valence-electron chi connectivity index (χ0n) is 7.68. The van der Waals surface area contributed by atoms with Gasteiger partial charge in [-0.3, -0.25) is 0 Å². The molecule has 0 spiro atoms. The van der Waals surface area contributed by atoms with Crippen LogP contribution in [0.25, 0.3) is 0 Å². The predicted octanol–water partition coefficient (Wildman–Crippen LogP) is 0.702. The maximum atomic E-state index is 5.34. The summed E-state index contributed by atoms with van der Waals surface area (Å²) in [5.41, 5.74) is 0. The quantitative estimate of drug-likeness (QED) is 0.636. The molecule has 1 atom stereocenters. The number of hydrogen-bond donors (Lipinski definition) is 0. The van der Waals surface area contributed by atoms with Gasteiger partial charge in [-0.05, 0) is 13.0 Å². The molecule has 1 aliphatic heterocycles. The summed E-state index contributed by atoms with van der Waals surface area (Å²) < 4.78 is 5.34. The Morgan fingerprint density at radius 2 is 2.23 bits per heavy atom. The van der Waals surface area contributed by atoms with E-state index in [0.29, 0.717) is 6.04 Å². The lowest BCUT2D eigenvalue weighted by Crippen LogP contribution is -2.44. The van der Waals surface area contributed by atoms with Gasteiger partial charge in [0.05, 0.1) is 19.3 Å². The fourth-order valence-corrected chi connectivity index (χ4v) is 1.46. The molecule has 70 valence electrons. The van der Waals surface area contributed by atoms with E-state index in [9.17, 15) is 0 Å². The number of morpholine rings is 1. The highest BCUT2D eigenvalue weighted by Gasteiger charge is 2.20. The van der Waals surface area contributed by atoms with Gasteiger partial charge in [-0.2, -0.15) is 0 Å². The van der Waals surface area contributed by atoms with Crippen molar-refractivity contribution in [3.05, 3.63) is 18.5 Å². The van der Waals surface area contributed by atoms with Crippen LogP contribution in [0.4, 0.5) is 5.95 Å². The summed E-state index contributed by atoms with van der Waals surface area (Å²) in [4.78, 5) is 10.6. The maximum absolute atomic E-state index is 5.34. The Bertz CT molecular complexity index is 265. The molecule has 4 heteroatoms. The molecule has 1 unspecified atom stereocenters. The van der Waals surface area contributed by atoms with Crippen LogP contribution in [0.5, 0.6) is 0 Å². The molecule has 1 fully saturated rings. The lowest BCUT2D eigenvalue weighted by molar-refractivity contribution is 0.0981. The van der Waals surface area contributed by atoms with Crippen molar-refractivity contribution in [2.45, 2.75) is 13.0 Å². The SMILES string of the molecule is CC1COCCN1c1ncccn1. The van der Waals surface area contributed by atoms with E-state index in [4.69, 9.17) is 4.74 Å². The lowest BCUT2D eigenvalue weighted by Gasteiger charge is -2.33. The van der Waals surface area contributed by atoms with Gasteiger partial charge in [0, 0.05) is 18.9 Å². The maximum Gasteiger partial charge on any atom is 0.225 e. The van der Waals surface area contributed by atoms with Crippen LogP contribution in [0, 0.1) is 0 Å². The minimum absolute atomic E-state index is 0.371. The molecule has 0 aliphatic carbocycles. The second-order valence-electron chi connectivity index (χ2n) is 3.17. The highest BCUT2D eigenvalue weighted by Crippen LogP contribution is 2.12. The van der Waals surface area contributed by atoms with Gasteiger partial charge in [0.25, 0.3) is 0 Å². The van der Waals surface area contributed by atoms with Gasteiger partial charge >= 0.3 is 0 Å². The Balaban J connectivity index is 2.15. The molecule has 2 heterocycles. The third-order valence-corrected chi connectivity index (χ3v) is 2.18. The number of rotatable bonds is 1. The van der Waals surface area contributed by atoms with Gasteiger partial charge < -0.3 is 9.64 Å². The standard InChI is InChI=1S/C9H13N3O/c1-8-7-13-6-5-12(8)9-10-3-2-4-11-9/h2-4,8H,5-7H2,1H3. The first-order valence-electron chi connectivity index (χ1n) is 4.49. The third kappa shape index (κ3) is 1.78. The molecule has 0 N–H and O–H groups in total. The Morgan fingerprint density at radius 3 is 2.92 bits per heavy atom. The van der Waals surface area contributed by atoms with Gasteiger partial charge in [-0.1, -0.05) is 0 Å². The Hall–Kier alpha value is -1.16. The molecule has 2 rings (SSSR count). The molecule has 1 saturated heterocycles. The summed E-state index contributed by atoms with van der Waals surface area (Å²) in [5, 5.41) is 0. The fourth-order valence-electron chi connectivity index (χ4n) is 1.46. The van der Waals surface area contributed by atoms with Gasteiger partial charge in [-0.15, -0.1) is 0 Å². The van der Waals surface area contributed by atoms with Gasteiger partial charge in [-0.25, -0.2) is 9.97 Å². The van der Waals surface area contributed by atoms with Gasteiger partial charge in [0.2, 0.25) is 5.95 Å². The van der Waals surface area contributed by atoms with Crippen molar-refractivity contribution in [3.8, 4) is 0 Å². The van der Waals surface area contributed by atoms with E-state index in [2.05, 4.69) is 21.8 Å². The van der Waals surface area contributed by atoms with Crippen molar-refractivity contribution in [2.24, 2.45) is 0 Å². The molecule has 13 heavy (non-hydrogen) atoms. The fraction of sp³-hybridized carbons (Fsp3) is 0.556. The average molecular weight is 179 g/mol. The van der Waals surface area contributed by atoms with E-state index in [1.54, 1.807) is 12.4 Å². The second-order valence-corrected chi connectivity index (χ2v) is 3.17. The molecule has 0 amide bonds. The number of hydrogen-bond acceptors (Lipinski definition) is 4. The monoisotopic (exact) mass is 179 g/mol. The molecule has 1 aromatic rings. The molecule has 1 aliphatic rings. The molecule has 0 saturated carbocycles. The van der Waals surface area contributed by atoms with Crippen LogP contribution in [0.15, 0.2) is 18.5 Å². The molecule has 1 aromatic heterocycles. The number of anilines is 1. The highest BCUT2D eigenvalue weighted by atomic mass is 16.5. The minimum atomic E-state index is 0.371. The van der Waals surface area contributed by atoms with Gasteiger partial charge in [0.1, 0.15) is 0 Å². The van der Waals surface area contributed by atoms with E-state index in [1.807, 2.05) is 6.07 Å². The van der Waals surface area contributed by atoms with E-state index in [0.717, 1.165) is 25.7 Å². The molecular weight excluding hydrogens is 166 g/mol. The van der Waals surface area contributed by atoms with E-state index in [-0.39, 0.29) is 0 Å². The first-order chi connectivity index (χ1) is 6.38. The van der Waals surface area contributed by atoms with Gasteiger partial charge in [0.15, 0.2) is 0 Å². The topological polar surface area (TPSA) is 38.2 Å². The summed E-state index contributed by atoms with van der Waals surface area (Å²) >= 11 is 0. The second kappa shape index (κ2) is 3.70. The molecule has 0 aromatic carbocycles. The first-order valence-corrected chi connectivity index (χ1v) is 4.49. The Kier molecular flexibility index (Phi) is 2.40. The normalized spacial score (nSPS) is 23.2. The Morgan fingerprint density at radius 1 is 1.46 bits per heavy atom. The van der Waals surface area contributed by atoms with Crippen molar-refractivity contribution < 1.29 is 4.74 Å². The molecule has 4 nitrogen and oxygen atoms in total. The largest absolute Gasteiger partial charge is 0.377 e. The predicted molar refractivity (Wildman–Crippen MR) is 49.7 cm³/mol.